The Labute approximate surface area is 97.0 Å². The number of carbonyl (C=O) groups excluding carboxylic acids is 1. The number of anilines is 1. The van der Waals surface area contributed by atoms with Crippen LogP contribution < -0.4 is 4.90 Å². The number of hydrogen-bond acceptors (Lipinski definition) is 2. The molecule has 1 aromatic carbocycles. The topological polar surface area (TPSA) is 29.5 Å². The van der Waals surface area contributed by atoms with Gasteiger partial charge >= 0.3 is 0 Å². The molecule has 0 N–H and O–H groups in total. The number of ether oxygens (including phenoxy) is 1. The van der Waals surface area contributed by atoms with Crippen molar-refractivity contribution < 1.29 is 9.53 Å². The Kier molecular flexibility index (Phi) is 3.70. The smallest absolute Gasteiger partial charge is 0.258 e. The van der Waals surface area contributed by atoms with Crippen LogP contribution >= 0.6 is 0 Å². The van der Waals surface area contributed by atoms with Gasteiger partial charge in [-0.3, -0.25) is 4.79 Å². The Hall–Kier alpha value is -1.35. The number of nitrogens with zero attached hydrogens (tertiary/aromatic N) is 1. The molecule has 0 spiro atoms. The SMILES string of the molecule is COC(C)(C)C(=O)N(C)c1ccccc1C. The number of methoxy groups -OCH3 is 1. The van der Waals surface area contributed by atoms with Gasteiger partial charge in [0.15, 0.2) is 0 Å². The predicted molar refractivity (Wildman–Crippen MR) is 65.7 cm³/mol. The second-order valence-corrected chi connectivity index (χ2v) is 4.37. The molecule has 0 atom stereocenters. The Morgan fingerprint density at radius 1 is 1.31 bits per heavy atom. The van der Waals surface area contributed by atoms with Crippen molar-refractivity contribution in [1.29, 1.82) is 0 Å². The molecule has 3 heteroatoms. The van der Waals surface area contributed by atoms with Gasteiger partial charge in [-0.2, -0.15) is 0 Å². The van der Waals surface area contributed by atoms with Gasteiger partial charge < -0.3 is 9.64 Å². The molecule has 0 aliphatic carbocycles. The quantitative estimate of drug-likeness (QED) is 0.784. The Morgan fingerprint density at radius 2 is 1.88 bits per heavy atom. The first kappa shape index (κ1) is 12.7. The summed E-state index contributed by atoms with van der Waals surface area (Å²) < 4.78 is 5.19. The van der Waals surface area contributed by atoms with Crippen molar-refractivity contribution in [3.05, 3.63) is 29.8 Å². The standard InChI is InChI=1S/C13H19NO2/c1-10-8-6-7-9-11(10)14(4)12(15)13(2,3)16-5/h6-9H,1-5H3. The highest BCUT2D eigenvalue weighted by molar-refractivity contribution is 5.99. The van der Waals surface area contributed by atoms with Crippen LogP contribution in [0.3, 0.4) is 0 Å². The van der Waals surface area contributed by atoms with Crippen LogP contribution in [0.2, 0.25) is 0 Å². The third-order valence-electron chi connectivity index (χ3n) is 2.81. The summed E-state index contributed by atoms with van der Waals surface area (Å²) in [6.07, 6.45) is 0. The number of hydrogen-bond donors (Lipinski definition) is 0. The minimum absolute atomic E-state index is 0.0516. The van der Waals surface area contributed by atoms with E-state index < -0.39 is 5.60 Å². The summed E-state index contributed by atoms with van der Waals surface area (Å²) in [6.45, 7) is 5.52. The van der Waals surface area contributed by atoms with Gasteiger partial charge in [0.1, 0.15) is 5.60 Å². The maximum Gasteiger partial charge on any atom is 0.258 e. The van der Waals surface area contributed by atoms with E-state index in [4.69, 9.17) is 4.74 Å². The molecule has 0 aliphatic heterocycles. The lowest BCUT2D eigenvalue weighted by Crippen LogP contribution is -2.44. The fraction of sp³-hybridized carbons (Fsp3) is 0.462. The van der Waals surface area contributed by atoms with E-state index in [1.165, 1.54) is 0 Å². The van der Waals surface area contributed by atoms with Gasteiger partial charge in [0, 0.05) is 19.8 Å². The van der Waals surface area contributed by atoms with Gasteiger partial charge in [0.2, 0.25) is 0 Å². The van der Waals surface area contributed by atoms with E-state index >= 15 is 0 Å². The van der Waals surface area contributed by atoms with E-state index in [1.807, 2.05) is 31.2 Å². The average Bonchev–Trinajstić information content (AvgIpc) is 2.27. The molecule has 0 unspecified atom stereocenters. The average molecular weight is 221 g/mol. The minimum atomic E-state index is -0.795. The van der Waals surface area contributed by atoms with Gasteiger partial charge in [-0.05, 0) is 32.4 Å². The molecule has 0 bridgehead atoms. The normalized spacial score (nSPS) is 11.3. The van der Waals surface area contributed by atoms with E-state index in [0.717, 1.165) is 11.3 Å². The van der Waals surface area contributed by atoms with Gasteiger partial charge in [-0.1, -0.05) is 18.2 Å². The lowest BCUT2D eigenvalue weighted by molar-refractivity contribution is -0.136. The Bertz CT molecular complexity index is 385. The lowest BCUT2D eigenvalue weighted by Gasteiger charge is -2.29. The first-order valence-electron chi connectivity index (χ1n) is 5.29. The van der Waals surface area contributed by atoms with Crippen molar-refractivity contribution in [2.45, 2.75) is 26.4 Å². The first-order chi connectivity index (χ1) is 7.40. The van der Waals surface area contributed by atoms with Crippen molar-refractivity contribution in [1.82, 2.24) is 0 Å². The number of rotatable bonds is 3. The molecule has 3 nitrogen and oxygen atoms in total. The molecule has 0 radical (unpaired) electrons. The largest absolute Gasteiger partial charge is 0.369 e. The molecule has 1 rings (SSSR count). The number of likely N-dealkylation sites (N-methyl/N-ethyl adjacent to an activating group) is 1. The summed E-state index contributed by atoms with van der Waals surface area (Å²) in [5.41, 5.74) is 1.19. The molecule has 16 heavy (non-hydrogen) atoms. The van der Waals surface area contributed by atoms with Gasteiger partial charge in [0.05, 0.1) is 0 Å². The number of benzene rings is 1. The zero-order valence-corrected chi connectivity index (χ0v) is 10.6. The van der Waals surface area contributed by atoms with E-state index in [1.54, 1.807) is 32.9 Å². The van der Waals surface area contributed by atoms with E-state index in [2.05, 4.69) is 0 Å². The van der Waals surface area contributed by atoms with Crippen molar-refractivity contribution in [3.63, 3.8) is 0 Å². The Balaban J connectivity index is 3.00. The number of aryl methyl sites for hydroxylation is 1. The van der Waals surface area contributed by atoms with E-state index in [0.29, 0.717) is 0 Å². The lowest BCUT2D eigenvalue weighted by atomic mass is 10.1. The summed E-state index contributed by atoms with van der Waals surface area (Å²) in [5, 5.41) is 0. The third-order valence-corrected chi connectivity index (χ3v) is 2.81. The van der Waals surface area contributed by atoms with Crippen LogP contribution in [0.1, 0.15) is 19.4 Å². The molecular weight excluding hydrogens is 202 g/mol. The van der Waals surface area contributed by atoms with Crippen molar-refractivity contribution in [2.75, 3.05) is 19.1 Å². The highest BCUT2D eigenvalue weighted by Crippen LogP contribution is 2.21. The van der Waals surface area contributed by atoms with Crippen LogP contribution in [-0.4, -0.2) is 25.7 Å². The Morgan fingerprint density at radius 3 is 2.38 bits per heavy atom. The van der Waals surface area contributed by atoms with Crippen LogP contribution in [0.5, 0.6) is 0 Å². The predicted octanol–water partition coefficient (Wildman–Crippen LogP) is 2.38. The zero-order valence-electron chi connectivity index (χ0n) is 10.6. The van der Waals surface area contributed by atoms with Gasteiger partial charge in [0.25, 0.3) is 5.91 Å². The van der Waals surface area contributed by atoms with Crippen LogP contribution in [0, 0.1) is 6.92 Å². The zero-order chi connectivity index (χ0) is 12.3. The molecule has 88 valence electrons. The molecule has 1 aromatic rings. The monoisotopic (exact) mass is 221 g/mol. The minimum Gasteiger partial charge on any atom is -0.369 e. The second-order valence-electron chi connectivity index (χ2n) is 4.37. The maximum absolute atomic E-state index is 12.1. The number of para-hydroxylation sites is 1. The van der Waals surface area contributed by atoms with Crippen molar-refractivity contribution in [2.24, 2.45) is 0 Å². The maximum atomic E-state index is 12.1. The molecular formula is C13H19NO2. The summed E-state index contributed by atoms with van der Waals surface area (Å²) in [7, 11) is 3.31. The van der Waals surface area contributed by atoms with Crippen LogP contribution in [0.25, 0.3) is 0 Å². The van der Waals surface area contributed by atoms with E-state index in [-0.39, 0.29) is 5.91 Å². The molecule has 0 aliphatic rings. The number of amides is 1. The molecule has 0 heterocycles. The third kappa shape index (κ3) is 2.42. The number of carbonyl (C=O) groups is 1. The fourth-order valence-electron chi connectivity index (χ4n) is 1.54. The summed E-state index contributed by atoms with van der Waals surface area (Å²) >= 11 is 0. The molecule has 0 saturated carbocycles. The highest BCUT2D eigenvalue weighted by Gasteiger charge is 2.31. The van der Waals surface area contributed by atoms with Crippen LogP contribution in [0.15, 0.2) is 24.3 Å². The van der Waals surface area contributed by atoms with Gasteiger partial charge in [-0.15, -0.1) is 0 Å². The summed E-state index contributed by atoms with van der Waals surface area (Å²) in [6, 6.07) is 7.79. The van der Waals surface area contributed by atoms with Crippen molar-refractivity contribution in [3.8, 4) is 0 Å². The van der Waals surface area contributed by atoms with Crippen molar-refractivity contribution >= 4 is 11.6 Å². The fourth-order valence-corrected chi connectivity index (χ4v) is 1.54. The highest BCUT2D eigenvalue weighted by atomic mass is 16.5. The van der Waals surface area contributed by atoms with E-state index in [9.17, 15) is 4.79 Å². The van der Waals surface area contributed by atoms with Crippen LogP contribution in [0.4, 0.5) is 5.69 Å². The van der Waals surface area contributed by atoms with Crippen LogP contribution in [-0.2, 0) is 9.53 Å². The second kappa shape index (κ2) is 4.66. The summed E-state index contributed by atoms with van der Waals surface area (Å²) in [5.74, 6) is -0.0516. The molecule has 0 aromatic heterocycles. The molecule has 0 saturated heterocycles. The molecule has 0 fully saturated rings. The molecule has 1 amide bonds. The first-order valence-corrected chi connectivity index (χ1v) is 5.29. The summed E-state index contributed by atoms with van der Waals surface area (Å²) in [4.78, 5) is 13.8. The van der Waals surface area contributed by atoms with Gasteiger partial charge in [-0.25, -0.2) is 0 Å².